The third-order valence-electron chi connectivity index (χ3n) is 6.18. The molecule has 1 aliphatic heterocycles. The van der Waals surface area contributed by atoms with E-state index in [1.807, 2.05) is 12.1 Å². The maximum Gasteiger partial charge on any atom is 0.272 e. The Hall–Kier alpha value is -1.49. The van der Waals surface area contributed by atoms with E-state index >= 15 is 8.78 Å². The molecular formula is C22H32F2N2O. The highest BCUT2D eigenvalue weighted by atomic mass is 19.3. The van der Waals surface area contributed by atoms with E-state index in [0.29, 0.717) is 5.56 Å². The van der Waals surface area contributed by atoms with E-state index in [1.165, 1.54) is 6.92 Å². The van der Waals surface area contributed by atoms with Crippen LogP contribution in [0.2, 0.25) is 0 Å². The first-order valence-corrected chi connectivity index (χ1v) is 9.99. The highest BCUT2D eigenvalue weighted by molar-refractivity contribution is 5.74. The van der Waals surface area contributed by atoms with Gasteiger partial charge in [0.15, 0.2) is 0 Å². The Morgan fingerprint density at radius 1 is 1.22 bits per heavy atom. The average molecular weight is 379 g/mol. The number of hydrogen-bond acceptors (Lipinski definition) is 2. The van der Waals surface area contributed by atoms with Crippen molar-refractivity contribution >= 4 is 5.91 Å². The average Bonchev–Trinajstić information content (AvgIpc) is 2.57. The van der Waals surface area contributed by atoms with Crippen LogP contribution in [0.5, 0.6) is 0 Å². The number of amides is 1. The predicted octanol–water partition coefficient (Wildman–Crippen LogP) is 4.67. The minimum absolute atomic E-state index is 0.185. The van der Waals surface area contributed by atoms with E-state index in [0.717, 1.165) is 44.5 Å². The number of nitrogens with one attached hydrogen (secondary N) is 1. The molecule has 1 amide bonds. The molecule has 3 nitrogen and oxygen atoms in total. The second-order valence-electron chi connectivity index (χ2n) is 9.59. The van der Waals surface area contributed by atoms with Crippen LogP contribution in [-0.4, -0.2) is 36.4 Å². The fourth-order valence-electron chi connectivity index (χ4n) is 4.64. The standard InChI is InChI=1S/C22H32F2N2O/c1-16(27)25-19-17-7-5-6-8-18(17)21(15-22(19,23)24)10-13-26(14-11-21)12-9-20(2,3)4/h5-8,19H,9-15H2,1-4H3,(H,25,27)/t19-/m1/s1. The van der Waals surface area contributed by atoms with E-state index < -0.39 is 23.3 Å². The van der Waals surface area contributed by atoms with Gasteiger partial charge in [0.1, 0.15) is 6.04 Å². The molecule has 5 heteroatoms. The van der Waals surface area contributed by atoms with Crippen molar-refractivity contribution < 1.29 is 13.6 Å². The van der Waals surface area contributed by atoms with Crippen molar-refractivity contribution in [3.63, 3.8) is 0 Å². The molecule has 1 N–H and O–H groups in total. The molecular weight excluding hydrogens is 346 g/mol. The first kappa shape index (κ1) is 20.2. The van der Waals surface area contributed by atoms with Crippen molar-refractivity contribution in [1.82, 2.24) is 10.2 Å². The summed E-state index contributed by atoms with van der Waals surface area (Å²) in [5.41, 5.74) is 1.38. The molecule has 1 aliphatic carbocycles. The van der Waals surface area contributed by atoms with E-state index in [-0.39, 0.29) is 11.8 Å². The molecule has 2 aliphatic rings. The van der Waals surface area contributed by atoms with Crippen LogP contribution < -0.4 is 5.32 Å². The van der Waals surface area contributed by atoms with Gasteiger partial charge in [-0.25, -0.2) is 8.78 Å². The Morgan fingerprint density at radius 2 is 1.85 bits per heavy atom. The topological polar surface area (TPSA) is 32.3 Å². The van der Waals surface area contributed by atoms with Gasteiger partial charge in [-0.3, -0.25) is 4.79 Å². The summed E-state index contributed by atoms with van der Waals surface area (Å²) in [6, 6.07) is 6.25. The lowest BCUT2D eigenvalue weighted by Gasteiger charge is -2.50. The van der Waals surface area contributed by atoms with Gasteiger partial charge in [0.25, 0.3) is 5.92 Å². The fraction of sp³-hybridized carbons (Fsp3) is 0.682. The Bertz CT molecular complexity index is 688. The fourth-order valence-corrected chi connectivity index (χ4v) is 4.64. The monoisotopic (exact) mass is 378 g/mol. The lowest BCUT2D eigenvalue weighted by molar-refractivity contribution is -0.127. The minimum Gasteiger partial charge on any atom is -0.344 e. The normalized spacial score (nSPS) is 24.4. The molecule has 1 saturated heterocycles. The maximum absolute atomic E-state index is 15.1. The summed E-state index contributed by atoms with van der Waals surface area (Å²) in [4.78, 5) is 13.9. The molecule has 1 fully saturated rings. The molecule has 0 saturated carbocycles. The predicted molar refractivity (Wildman–Crippen MR) is 104 cm³/mol. The maximum atomic E-state index is 15.1. The summed E-state index contributed by atoms with van der Waals surface area (Å²) >= 11 is 0. The number of hydrogen-bond donors (Lipinski definition) is 1. The smallest absolute Gasteiger partial charge is 0.272 e. The molecule has 1 heterocycles. The Kier molecular flexibility index (Phi) is 5.37. The third kappa shape index (κ3) is 4.34. The lowest BCUT2D eigenvalue weighted by Crippen LogP contribution is -2.53. The van der Waals surface area contributed by atoms with Crippen molar-refractivity contribution in [2.24, 2.45) is 5.41 Å². The van der Waals surface area contributed by atoms with E-state index in [1.54, 1.807) is 12.1 Å². The molecule has 3 rings (SSSR count). The molecule has 0 radical (unpaired) electrons. The van der Waals surface area contributed by atoms with Crippen LogP contribution in [0, 0.1) is 5.41 Å². The molecule has 1 atom stereocenters. The van der Waals surface area contributed by atoms with Gasteiger partial charge in [-0.05, 0) is 55.4 Å². The lowest BCUT2D eigenvalue weighted by atomic mass is 9.62. The van der Waals surface area contributed by atoms with Crippen molar-refractivity contribution in [3.8, 4) is 0 Å². The highest BCUT2D eigenvalue weighted by Gasteiger charge is 2.55. The molecule has 0 bridgehead atoms. The van der Waals surface area contributed by atoms with E-state index in [9.17, 15) is 4.79 Å². The van der Waals surface area contributed by atoms with Crippen molar-refractivity contribution in [2.75, 3.05) is 19.6 Å². The number of piperidine rings is 1. The van der Waals surface area contributed by atoms with Crippen molar-refractivity contribution in [3.05, 3.63) is 35.4 Å². The number of likely N-dealkylation sites (tertiary alicyclic amines) is 1. The van der Waals surface area contributed by atoms with Crippen LogP contribution in [0.4, 0.5) is 8.78 Å². The number of fused-ring (bicyclic) bond motifs is 2. The second kappa shape index (κ2) is 7.16. The highest BCUT2D eigenvalue weighted by Crippen LogP contribution is 2.54. The summed E-state index contributed by atoms with van der Waals surface area (Å²) in [6.07, 6.45) is 2.42. The number of benzene rings is 1. The van der Waals surface area contributed by atoms with Crippen LogP contribution in [0.3, 0.4) is 0 Å². The zero-order chi connectivity index (χ0) is 19.9. The summed E-state index contributed by atoms with van der Waals surface area (Å²) in [7, 11) is 0. The van der Waals surface area contributed by atoms with Crippen molar-refractivity contribution in [2.45, 2.75) is 70.8 Å². The third-order valence-corrected chi connectivity index (χ3v) is 6.18. The number of alkyl halides is 2. The van der Waals surface area contributed by atoms with Crippen molar-refractivity contribution in [1.29, 1.82) is 0 Å². The SMILES string of the molecule is CC(=O)N[C@@H]1c2ccccc2C2(CCN(CCC(C)(C)C)CC2)CC1(F)F. The van der Waals surface area contributed by atoms with Gasteiger partial charge in [0.2, 0.25) is 5.91 Å². The Morgan fingerprint density at radius 3 is 2.44 bits per heavy atom. The van der Waals surface area contributed by atoms with Crippen LogP contribution in [0.1, 0.15) is 70.5 Å². The Balaban J connectivity index is 1.83. The zero-order valence-electron chi connectivity index (χ0n) is 16.9. The zero-order valence-corrected chi connectivity index (χ0v) is 16.9. The number of carbonyl (C=O) groups is 1. The summed E-state index contributed by atoms with van der Waals surface area (Å²) < 4.78 is 30.2. The second-order valence-corrected chi connectivity index (χ2v) is 9.59. The van der Waals surface area contributed by atoms with E-state index in [2.05, 4.69) is 31.0 Å². The Labute approximate surface area is 161 Å². The summed E-state index contributed by atoms with van der Waals surface area (Å²) in [5.74, 6) is -3.35. The molecule has 0 aromatic heterocycles. The molecule has 1 aromatic rings. The van der Waals surface area contributed by atoms with Crippen LogP contribution >= 0.6 is 0 Å². The summed E-state index contributed by atoms with van der Waals surface area (Å²) in [6.45, 7) is 10.7. The van der Waals surface area contributed by atoms with Gasteiger partial charge in [0, 0.05) is 18.8 Å². The summed E-state index contributed by atoms with van der Waals surface area (Å²) in [5, 5.41) is 2.50. The van der Waals surface area contributed by atoms with Gasteiger partial charge in [-0.15, -0.1) is 0 Å². The minimum atomic E-state index is -2.94. The number of rotatable bonds is 3. The molecule has 27 heavy (non-hydrogen) atoms. The van der Waals surface area contributed by atoms with E-state index in [4.69, 9.17) is 0 Å². The molecule has 0 unspecified atom stereocenters. The van der Waals surface area contributed by atoms with Gasteiger partial charge >= 0.3 is 0 Å². The van der Waals surface area contributed by atoms with Gasteiger partial charge in [-0.2, -0.15) is 0 Å². The number of halogens is 2. The number of carbonyl (C=O) groups excluding carboxylic acids is 1. The first-order valence-electron chi connectivity index (χ1n) is 9.99. The first-order chi connectivity index (χ1) is 12.5. The molecule has 1 spiro atoms. The van der Waals surface area contributed by atoms with Gasteiger partial charge in [-0.1, -0.05) is 45.0 Å². The molecule has 1 aromatic carbocycles. The van der Waals surface area contributed by atoms with Gasteiger partial charge in [0.05, 0.1) is 0 Å². The number of nitrogens with zero attached hydrogens (tertiary/aromatic N) is 1. The quantitative estimate of drug-likeness (QED) is 0.829. The van der Waals surface area contributed by atoms with Crippen LogP contribution in [-0.2, 0) is 10.2 Å². The van der Waals surface area contributed by atoms with Gasteiger partial charge < -0.3 is 10.2 Å². The molecule has 150 valence electrons. The van der Waals surface area contributed by atoms with Crippen LogP contribution in [0.25, 0.3) is 0 Å². The largest absolute Gasteiger partial charge is 0.344 e. The van der Waals surface area contributed by atoms with Crippen LogP contribution in [0.15, 0.2) is 24.3 Å².